The van der Waals surface area contributed by atoms with Crippen molar-refractivity contribution in [2.45, 2.75) is 12.6 Å². The van der Waals surface area contributed by atoms with Gasteiger partial charge in [-0.1, -0.05) is 30.3 Å². The molecule has 0 unspecified atom stereocenters. The number of benzene rings is 1. The van der Waals surface area contributed by atoms with Gasteiger partial charge in [0.05, 0.1) is 12.6 Å². The van der Waals surface area contributed by atoms with Crippen molar-refractivity contribution >= 4 is 17.4 Å². The van der Waals surface area contributed by atoms with Crippen LogP contribution in [0, 0.1) is 0 Å². The van der Waals surface area contributed by atoms with Crippen molar-refractivity contribution in [2.75, 3.05) is 13.1 Å². The van der Waals surface area contributed by atoms with Crippen LogP contribution in [0.2, 0.25) is 0 Å². The molecule has 1 aliphatic heterocycles. The fourth-order valence-electron chi connectivity index (χ4n) is 2.38. The summed E-state index contributed by atoms with van der Waals surface area (Å²) in [5, 5.41) is 2.95. The number of rotatable bonds is 3. The molecule has 19 heavy (non-hydrogen) atoms. The van der Waals surface area contributed by atoms with Crippen molar-refractivity contribution in [1.82, 2.24) is 14.6 Å². The summed E-state index contributed by atoms with van der Waals surface area (Å²) in [6.45, 7) is 1.89. The topological polar surface area (TPSA) is 45.2 Å². The quantitative estimate of drug-likeness (QED) is 0.927. The van der Waals surface area contributed by atoms with Crippen LogP contribution in [0.3, 0.4) is 0 Å². The molecule has 0 bridgehead atoms. The summed E-state index contributed by atoms with van der Waals surface area (Å²) in [6.07, 6.45) is 1.81. The monoisotopic (exact) mass is 273 g/mol. The van der Waals surface area contributed by atoms with Crippen molar-refractivity contribution in [2.24, 2.45) is 0 Å². The minimum Gasteiger partial charge on any atom is -0.353 e. The molecule has 1 saturated heterocycles. The molecule has 2 aromatic rings. The number of nitrogens with zero attached hydrogens (tertiary/aromatic N) is 2. The average Bonchev–Trinajstić information content (AvgIpc) is 2.93. The SMILES string of the molecule is O=C1CN(Cc2ccns2)[C@H](c2ccccc2)CN1. The number of hydrogen-bond donors (Lipinski definition) is 1. The molecule has 2 heterocycles. The van der Waals surface area contributed by atoms with Crippen LogP contribution in [-0.2, 0) is 11.3 Å². The number of hydrogen-bond acceptors (Lipinski definition) is 4. The molecule has 1 N–H and O–H groups in total. The third-order valence-corrected chi connectivity index (χ3v) is 4.04. The van der Waals surface area contributed by atoms with Crippen molar-refractivity contribution in [1.29, 1.82) is 0 Å². The zero-order valence-corrected chi connectivity index (χ0v) is 11.3. The standard InChI is InChI=1S/C14H15N3OS/c18-14-10-17(9-12-6-7-16-19-12)13(8-15-14)11-4-2-1-3-5-11/h1-7,13H,8-10H2,(H,15,18)/t13-/m0/s1. The van der Waals surface area contributed by atoms with Crippen LogP contribution >= 0.6 is 11.5 Å². The van der Waals surface area contributed by atoms with Gasteiger partial charge in [0, 0.05) is 24.2 Å². The zero-order chi connectivity index (χ0) is 13.1. The Kier molecular flexibility index (Phi) is 3.57. The molecule has 0 spiro atoms. The molecule has 0 aliphatic carbocycles. The highest BCUT2D eigenvalue weighted by Gasteiger charge is 2.27. The minimum absolute atomic E-state index is 0.0942. The summed E-state index contributed by atoms with van der Waals surface area (Å²) < 4.78 is 4.12. The lowest BCUT2D eigenvalue weighted by molar-refractivity contribution is -0.125. The van der Waals surface area contributed by atoms with Gasteiger partial charge in [0.15, 0.2) is 0 Å². The summed E-state index contributed by atoms with van der Waals surface area (Å²) in [5.74, 6) is 0.0942. The molecule has 0 radical (unpaired) electrons. The molecule has 5 heteroatoms. The molecule has 1 fully saturated rings. The Labute approximate surface area is 116 Å². The van der Waals surface area contributed by atoms with Gasteiger partial charge in [0.2, 0.25) is 5.91 Å². The van der Waals surface area contributed by atoms with Crippen molar-refractivity contribution in [3.8, 4) is 0 Å². The first-order chi connectivity index (χ1) is 9.33. The molecule has 1 amide bonds. The van der Waals surface area contributed by atoms with Gasteiger partial charge in [-0.25, -0.2) is 4.37 Å². The first-order valence-electron chi connectivity index (χ1n) is 6.28. The maximum Gasteiger partial charge on any atom is 0.234 e. The smallest absolute Gasteiger partial charge is 0.234 e. The Morgan fingerprint density at radius 1 is 1.32 bits per heavy atom. The number of nitrogens with one attached hydrogen (secondary N) is 1. The number of carbonyl (C=O) groups excluding carboxylic acids is 1. The third-order valence-electron chi connectivity index (χ3n) is 3.31. The Bertz CT molecular complexity index is 541. The van der Waals surface area contributed by atoms with E-state index in [1.165, 1.54) is 22.0 Å². The molecule has 1 aromatic heterocycles. The fraction of sp³-hybridized carbons (Fsp3) is 0.286. The van der Waals surface area contributed by atoms with Crippen LogP contribution in [0.15, 0.2) is 42.6 Å². The van der Waals surface area contributed by atoms with E-state index in [1.54, 1.807) is 0 Å². The second kappa shape index (κ2) is 5.50. The number of amides is 1. The van der Waals surface area contributed by atoms with Gasteiger partial charge in [-0.2, -0.15) is 0 Å². The summed E-state index contributed by atoms with van der Waals surface area (Å²) in [6, 6.07) is 12.6. The summed E-state index contributed by atoms with van der Waals surface area (Å²) in [4.78, 5) is 15.0. The Morgan fingerprint density at radius 3 is 2.89 bits per heavy atom. The molecule has 1 aromatic carbocycles. The van der Waals surface area contributed by atoms with E-state index in [1.807, 2.05) is 30.5 Å². The summed E-state index contributed by atoms with van der Waals surface area (Å²) in [7, 11) is 0. The van der Waals surface area contributed by atoms with Crippen LogP contribution < -0.4 is 5.32 Å². The third kappa shape index (κ3) is 2.83. The molecule has 98 valence electrons. The minimum atomic E-state index is 0.0942. The van der Waals surface area contributed by atoms with Gasteiger partial charge in [0.1, 0.15) is 0 Å². The van der Waals surface area contributed by atoms with E-state index in [0.29, 0.717) is 13.1 Å². The van der Waals surface area contributed by atoms with Crippen LogP contribution in [-0.4, -0.2) is 28.3 Å². The van der Waals surface area contributed by atoms with Crippen molar-refractivity contribution in [3.63, 3.8) is 0 Å². The van der Waals surface area contributed by atoms with E-state index in [4.69, 9.17) is 0 Å². The molecule has 1 atom stereocenters. The second-order valence-corrected chi connectivity index (χ2v) is 5.53. The van der Waals surface area contributed by atoms with Crippen LogP contribution in [0.5, 0.6) is 0 Å². The second-order valence-electron chi connectivity index (χ2n) is 4.61. The number of carbonyl (C=O) groups is 1. The Morgan fingerprint density at radius 2 is 2.16 bits per heavy atom. The van der Waals surface area contributed by atoms with E-state index in [0.717, 1.165) is 6.54 Å². The maximum absolute atomic E-state index is 11.6. The molecule has 1 aliphatic rings. The summed E-state index contributed by atoms with van der Waals surface area (Å²) >= 11 is 1.49. The highest BCUT2D eigenvalue weighted by molar-refractivity contribution is 7.05. The van der Waals surface area contributed by atoms with Crippen molar-refractivity contribution < 1.29 is 4.79 Å². The van der Waals surface area contributed by atoms with Crippen LogP contribution in [0.25, 0.3) is 0 Å². The Balaban J connectivity index is 1.82. The van der Waals surface area contributed by atoms with E-state index >= 15 is 0 Å². The largest absolute Gasteiger partial charge is 0.353 e. The first-order valence-corrected chi connectivity index (χ1v) is 7.05. The molecule has 0 saturated carbocycles. The lowest BCUT2D eigenvalue weighted by Crippen LogP contribution is -2.49. The predicted octanol–water partition coefficient (Wildman–Crippen LogP) is 1.82. The molecular formula is C14H15N3OS. The summed E-state index contributed by atoms with van der Waals surface area (Å²) in [5.41, 5.74) is 1.24. The van der Waals surface area contributed by atoms with Gasteiger partial charge < -0.3 is 5.32 Å². The van der Waals surface area contributed by atoms with E-state index in [2.05, 4.69) is 26.7 Å². The van der Waals surface area contributed by atoms with Gasteiger partial charge in [0.25, 0.3) is 0 Å². The van der Waals surface area contributed by atoms with Crippen molar-refractivity contribution in [3.05, 3.63) is 53.0 Å². The van der Waals surface area contributed by atoms with Gasteiger partial charge in [-0.15, -0.1) is 0 Å². The van der Waals surface area contributed by atoms with E-state index < -0.39 is 0 Å². The van der Waals surface area contributed by atoms with Gasteiger partial charge in [-0.05, 0) is 23.2 Å². The maximum atomic E-state index is 11.6. The van der Waals surface area contributed by atoms with E-state index in [-0.39, 0.29) is 11.9 Å². The van der Waals surface area contributed by atoms with Gasteiger partial charge >= 0.3 is 0 Å². The van der Waals surface area contributed by atoms with Crippen LogP contribution in [0.4, 0.5) is 0 Å². The molecular weight excluding hydrogens is 258 g/mol. The fourth-order valence-corrected chi connectivity index (χ4v) is 2.99. The number of aromatic nitrogens is 1. The van der Waals surface area contributed by atoms with Gasteiger partial charge in [-0.3, -0.25) is 9.69 Å². The molecule has 3 rings (SSSR count). The number of piperazine rings is 1. The lowest BCUT2D eigenvalue weighted by atomic mass is 10.0. The molecule has 4 nitrogen and oxygen atoms in total. The zero-order valence-electron chi connectivity index (χ0n) is 10.5. The first kappa shape index (κ1) is 12.3. The highest BCUT2D eigenvalue weighted by Crippen LogP contribution is 2.24. The van der Waals surface area contributed by atoms with E-state index in [9.17, 15) is 4.79 Å². The normalized spacial score (nSPS) is 20.2. The Hall–Kier alpha value is -1.72. The highest BCUT2D eigenvalue weighted by atomic mass is 32.1. The predicted molar refractivity (Wildman–Crippen MR) is 74.7 cm³/mol. The van der Waals surface area contributed by atoms with Crippen LogP contribution in [0.1, 0.15) is 16.5 Å². The lowest BCUT2D eigenvalue weighted by Gasteiger charge is -2.35. The average molecular weight is 273 g/mol.